The number of carbonyl (C=O) groups excluding carboxylic acids is 1. The molecule has 0 aromatic rings. The van der Waals surface area contributed by atoms with E-state index in [9.17, 15) is 4.79 Å². The van der Waals surface area contributed by atoms with E-state index in [4.69, 9.17) is 0 Å². The van der Waals surface area contributed by atoms with Crippen LogP contribution in [0.1, 0.15) is 32.6 Å². The van der Waals surface area contributed by atoms with Crippen LogP contribution in [-0.2, 0) is 4.79 Å². The summed E-state index contributed by atoms with van der Waals surface area (Å²) in [5, 5.41) is 7.15. The van der Waals surface area contributed by atoms with Crippen LogP contribution in [0.2, 0.25) is 0 Å². The standard InChI is InChI=1S/C11H22N2OS/c1-9(14)12-6-7-13-10-4-3-5-11(8-10)15-2/h10-11,13H,3-8H2,1-2H3,(H,12,14). The molecule has 0 aromatic carbocycles. The van der Waals surface area contributed by atoms with Crippen LogP contribution in [0.4, 0.5) is 0 Å². The second-order valence-electron chi connectivity index (χ2n) is 4.16. The number of amides is 1. The van der Waals surface area contributed by atoms with Crippen LogP contribution >= 0.6 is 11.8 Å². The third-order valence-electron chi connectivity index (χ3n) is 2.89. The number of hydrogen-bond acceptors (Lipinski definition) is 3. The van der Waals surface area contributed by atoms with Crippen molar-refractivity contribution in [1.29, 1.82) is 0 Å². The van der Waals surface area contributed by atoms with E-state index < -0.39 is 0 Å². The first-order chi connectivity index (χ1) is 7.22. The van der Waals surface area contributed by atoms with Crippen LogP contribution in [0.5, 0.6) is 0 Å². The van der Waals surface area contributed by atoms with E-state index in [1.54, 1.807) is 6.92 Å². The van der Waals surface area contributed by atoms with Gasteiger partial charge >= 0.3 is 0 Å². The van der Waals surface area contributed by atoms with Crippen LogP contribution in [0, 0.1) is 0 Å². The molecule has 0 bridgehead atoms. The summed E-state index contributed by atoms with van der Waals surface area (Å²) in [5.74, 6) is 0.0578. The summed E-state index contributed by atoms with van der Waals surface area (Å²) in [6.07, 6.45) is 7.47. The maximum Gasteiger partial charge on any atom is 0.216 e. The molecule has 0 spiro atoms. The highest BCUT2D eigenvalue weighted by molar-refractivity contribution is 7.99. The lowest BCUT2D eigenvalue weighted by Gasteiger charge is -2.28. The molecule has 0 saturated heterocycles. The molecule has 2 atom stereocenters. The van der Waals surface area contributed by atoms with E-state index in [1.165, 1.54) is 25.7 Å². The van der Waals surface area contributed by atoms with Crippen molar-refractivity contribution in [3.05, 3.63) is 0 Å². The molecule has 2 unspecified atom stereocenters. The van der Waals surface area contributed by atoms with Crippen LogP contribution < -0.4 is 10.6 Å². The fraction of sp³-hybridized carbons (Fsp3) is 0.909. The average Bonchev–Trinajstić information content (AvgIpc) is 2.24. The topological polar surface area (TPSA) is 41.1 Å². The second kappa shape index (κ2) is 7.12. The molecular formula is C11H22N2OS. The van der Waals surface area contributed by atoms with Gasteiger partial charge in [-0.3, -0.25) is 4.79 Å². The molecule has 1 amide bonds. The molecule has 1 aliphatic carbocycles. The van der Waals surface area contributed by atoms with Crippen molar-refractivity contribution in [1.82, 2.24) is 10.6 Å². The first kappa shape index (κ1) is 12.8. The lowest BCUT2D eigenvalue weighted by molar-refractivity contribution is -0.118. The van der Waals surface area contributed by atoms with Crippen molar-refractivity contribution in [2.45, 2.75) is 43.9 Å². The van der Waals surface area contributed by atoms with Crippen molar-refractivity contribution in [3.8, 4) is 0 Å². The second-order valence-corrected chi connectivity index (χ2v) is 5.30. The molecule has 0 radical (unpaired) electrons. The zero-order valence-corrected chi connectivity index (χ0v) is 10.5. The third-order valence-corrected chi connectivity index (χ3v) is 3.99. The van der Waals surface area contributed by atoms with Gasteiger partial charge in [-0.1, -0.05) is 6.42 Å². The number of hydrogen-bond donors (Lipinski definition) is 2. The molecule has 1 aliphatic rings. The van der Waals surface area contributed by atoms with Gasteiger partial charge in [-0.05, 0) is 25.5 Å². The highest BCUT2D eigenvalue weighted by atomic mass is 32.2. The lowest BCUT2D eigenvalue weighted by atomic mass is 9.95. The van der Waals surface area contributed by atoms with Crippen molar-refractivity contribution in [3.63, 3.8) is 0 Å². The SMILES string of the molecule is CSC1CCCC(NCCNC(C)=O)C1. The van der Waals surface area contributed by atoms with Gasteiger partial charge in [0.05, 0.1) is 0 Å². The zero-order valence-electron chi connectivity index (χ0n) is 9.71. The van der Waals surface area contributed by atoms with E-state index >= 15 is 0 Å². The van der Waals surface area contributed by atoms with Crippen LogP contribution in [-0.4, -0.2) is 36.5 Å². The van der Waals surface area contributed by atoms with Gasteiger partial charge in [-0.25, -0.2) is 0 Å². The van der Waals surface area contributed by atoms with Crippen molar-refractivity contribution in [2.75, 3.05) is 19.3 Å². The van der Waals surface area contributed by atoms with Gasteiger partial charge in [-0.2, -0.15) is 11.8 Å². The van der Waals surface area contributed by atoms with Gasteiger partial charge in [0.2, 0.25) is 5.91 Å². The highest BCUT2D eigenvalue weighted by Crippen LogP contribution is 2.26. The minimum Gasteiger partial charge on any atom is -0.355 e. The molecule has 1 saturated carbocycles. The lowest BCUT2D eigenvalue weighted by Crippen LogP contribution is -2.39. The molecule has 0 aliphatic heterocycles. The Hall–Kier alpha value is -0.220. The summed E-state index contributed by atoms with van der Waals surface area (Å²) < 4.78 is 0. The van der Waals surface area contributed by atoms with Crippen LogP contribution in [0.15, 0.2) is 0 Å². The molecule has 0 aromatic heterocycles. The first-order valence-electron chi connectivity index (χ1n) is 5.73. The Morgan fingerprint density at radius 3 is 2.87 bits per heavy atom. The third kappa shape index (κ3) is 5.42. The van der Waals surface area contributed by atoms with E-state index in [-0.39, 0.29) is 5.91 Å². The Kier molecular flexibility index (Phi) is 6.10. The molecule has 0 heterocycles. The Balaban J connectivity index is 2.07. The van der Waals surface area contributed by atoms with Gasteiger partial charge < -0.3 is 10.6 Å². The summed E-state index contributed by atoms with van der Waals surface area (Å²) in [7, 11) is 0. The van der Waals surface area contributed by atoms with Gasteiger partial charge in [0.1, 0.15) is 0 Å². The quantitative estimate of drug-likeness (QED) is 0.701. The van der Waals surface area contributed by atoms with Crippen molar-refractivity contribution >= 4 is 17.7 Å². The van der Waals surface area contributed by atoms with E-state index in [1.807, 2.05) is 11.8 Å². The number of nitrogens with one attached hydrogen (secondary N) is 2. The summed E-state index contributed by atoms with van der Waals surface area (Å²) in [4.78, 5) is 10.7. The number of thioether (sulfide) groups is 1. The predicted octanol–water partition coefficient (Wildman–Crippen LogP) is 1.39. The Morgan fingerprint density at radius 2 is 2.20 bits per heavy atom. The Morgan fingerprint density at radius 1 is 1.40 bits per heavy atom. The van der Waals surface area contributed by atoms with Gasteiger partial charge in [-0.15, -0.1) is 0 Å². The summed E-state index contributed by atoms with van der Waals surface area (Å²) >= 11 is 1.98. The summed E-state index contributed by atoms with van der Waals surface area (Å²) in [5.41, 5.74) is 0. The largest absolute Gasteiger partial charge is 0.355 e. The Labute approximate surface area is 96.8 Å². The monoisotopic (exact) mass is 230 g/mol. The van der Waals surface area contributed by atoms with Crippen LogP contribution in [0.25, 0.3) is 0 Å². The number of carbonyl (C=O) groups is 1. The smallest absolute Gasteiger partial charge is 0.216 e. The molecule has 1 fully saturated rings. The van der Waals surface area contributed by atoms with Crippen molar-refractivity contribution < 1.29 is 4.79 Å². The van der Waals surface area contributed by atoms with E-state index in [2.05, 4.69) is 16.9 Å². The fourth-order valence-corrected chi connectivity index (χ4v) is 2.89. The number of rotatable bonds is 5. The van der Waals surface area contributed by atoms with Crippen LogP contribution in [0.3, 0.4) is 0 Å². The molecule has 4 heteroatoms. The average molecular weight is 230 g/mol. The van der Waals surface area contributed by atoms with E-state index in [0.29, 0.717) is 6.04 Å². The van der Waals surface area contributed by atoms with Gasteiger partial charge in [0.25, 0.3) is 0 Å². The van der Waals surface area contributed by atoms with E-state index in [0.717, 1.165) is 18.3 Å². The maximum absolute atomic E-state index is 10.7. The first-order valence-corrected chi connectivity index (χ1v) is 7.01. The molecule has 88 valence electrons. The van der Waals surface area contributed by atoms with Gasteiger partial charge in [0, 0.05) is 31.3 Å². The summed E-state index contributed by atoms with van der Waals surface area (Å²) in [6.45, 7) is 3.20. The molecule has 1 rings (SSSR count). The predicted molar refractivity (Wildman–Crippen MR) is 66.2 cm³/mol. The normalized spacial score (nSPS) is 26.3. The molecule has 2 N–H and O–H groups in total. The minimum absolute atomic E-state index is 0.0578. The Bertz CT molecular complexity index is 199. The molecule has 3 nitrogen and oxygen atoms in total. The highest BCUT2D eigenvalue weighted by Gasteiger charge is 2.20. The maximum atomic E-state index is 10.7. The zero-order chi connectivity index (χ0) is 11.1. The van der Waals surface area contributed by atoms with Gasteiger partial charge in [0.15, 0.2) is 0 Å². The van der Waals surface area contributed by atoms with Crippen molar-refractivity contribution in [2.24, 2.45) is 0 Å². The fourth-order valence-electron chi connectivity index (χ4n) is 2.06. The molecule has 15 heavy (non-hydrogen) atoms. The summed E-state index contributed by atoms with van der Waals surface area (Å²) in [6, 6.07) is 0.657. The molecular weight excluding hydrogens is 208 g/mol. The minimum atomic E-state index is 0.0578.